The first-order valence-corrected chi connectivity index (χ1v) is 13.4. The largest absolute Gasteiger partial charge is 0.436 e. The minimum Gasteiger partial charge on any atom is -0.436 e. The Hall–Kier alpha value is -4.41. The molecule has 10 nitrogen and oxygen atoms in total. The number of ether oxygens (including phenoxy) is 1. The molecule has 0 aliphatic rings. The van der Waals surface area contributed by atoms with Crippen molar-refractivity contribution < 1.29 is 23.5 Å². The molecule has 3 aromatic rings. The molecule has 2 heterocycles. The summed E-state index contributed by atoms with van der Waals surface area (Å²) in [5, 5.41) is 3.35. The summed E-state index contributed by atoms with van der Waals surface area (Å²) in [5.41, 5.74) is 1.28. The molecule has 1 aromatic carbocycles. The van der Waals surface area contributed by atoms with Gasteiger partial charge in [-0.2, -0.15) is 0 Å². The molecule has 0 unspecified atom stereocenters. The third-order valence-electron chi connectivity index (χ3n) is 6.30. The molecule has 2 aromatic heterocycles. The van der Waals surface area contributed by atoms with Gasteiger partial charge in [0.05, 0.1) is 6.54 Å². The minimum atomic E-state index is -1.19. The molecule has 3 amide bonds. The first-order chi connectivity index (χ1) is 19.4. The Morgan fingerprint density at radius 3 is 2.46 bits per heavy atom. The van der Waals surface area contributed by atoms with Crippen molar-refractivity contribution in [3.8, 4) is 0 Å². The number of hydrogen-bond acceptors (Lipinski definition) is 5. The fourth-order valence-electron chi connectivity index (χ4n) is 4.21. The summed E-state index contributed by atoms with van der Waals surface area (Å²) in [6, 6.07) is 9.61. The normalized spacial score (nSPS) is 12.1. The molecule has 0 saturated carbocycles. The van der Waals surface area contributed by atoms with E-state index in [0.717, 1.165) is 16.6 Å². The van der Waals surface area contributed by atoms with Crippen molar-refractivity contribution in [2.75, 3.05) is 33.5 Å². The lowest BCUT2D eigenvalue weighted by atomic mass is 10.1. The lowest BCUT2D eigenvalue weighted by Gasteiger charge is -2.20. The topological polar surface area (TPSA) is 106 Å². The van der Waals surface area contributed by atoms with Gasteiger partial charge < -0.3 is 29.0 Å². The predicted octanol–water partition coefficient (Wildman–Crippen LogP) is 4.08. The summed E-state index contributed by atoms with van der Waals surface area (Å²) in [6.45, 7) is 5.05. The van der Waals surface area contributed by atoms with E-state index in [-0.39, 0.29) is 30.4 Å². The third-order valence-corrected chi connectivity index (χ3v) is 6.30. The highest BCUT2D eigenvalue weighted by molar-refractivity contribution is 5.95. The molecule has 3 rings (SSSR count). The van der Waals surface area contributed by atoms with Crippen molar-refractivity contribution in [2.45, 2.75) is 45.9 Å². The number of carbonyl (C=O) groups excluding carboxylic acids is 3. The van der Waals surface area contributed by atoms with Gasteiger partial charge in [0.1, 0.15) is 11.5 Å². The molecule has 0 spiro atoms. The summed E-state index contributed by atoms with van der Waals surface area (Å²) in [6.07, 6.45) is 3.09. The Morgan fingerprint density at radius 2 is 1.80 bits per heavy atom. The monoisotopic (exact) mass is 567 g/mol. The van der Waals surface area contributed by atoms with Crippen LogP contribution in [0, 0.1) is 11.7 Å². The van der Waals surface area contributed by atoms with Crippen LogP contribution in [0.1, 0.15) is 32.4 Å². The Labute approximate surface area is 239 Å². The van der Waals surface area contributed by atoms with Crippen LogP contribution < -0.4 is 10.9 Å². The molecule has 1 atom stereocenters. The molecule has 220 valence electrons. The third kappa shape index (κ3) is 8.29. The standard InChI is InChI=1S/C30H38FN5O5/c1-20(2)18-36-23(17-21-16-22(31)13-14-25(21)36)19-35-15-9-10-24(29(35)39)32-28(38)26(41-30(40)34(5)6)11-7-8-12-27(37)33(3)4/h8-10,12-17,20,26H,7,11,18-19H2,1-6H3,(H,32,38)/b12-8+/t26-/m0/s1. The number of allylic oxidation sites excluding steroid dienone is 1. The zero-order chi connectivity index (χ0) is 30.3. The molecule has 11 heteroatoms. The number of amides is 3. The van der Waals surface area contributed by atoms with E-state index in [1.54, 1.807) is 38.5 Å². The second kappa shape index (κ2) is 13.8. The van der Waals surface area contributed by atoms with Crippen LogP contribution in [0.4, 0.5) is 14.9 Å². The molecule has 41 heavy (non-hydrogen) atoms. The molecular weight excluding hydrogens is 529 g/mol. The highest BCUT2D eigenvalue weighted by Crippen LogP contribution is 2.23. The number of halogens is 1. The molecule has 0 saturated heterocycles. The number of anilines is 1. The minimum absolute atomic E-state index is 0.0271. The fraction of sp³-hybridized carbons (Fsp3) is 0.400. The van der Waals surface area contributed by atoms with Gasteiger partial charge in [0.25, 0.3) is 11.5 Å². The molecule has 0 radical (unpaired) electrons. The number of benzene rings is 1. The number of nitrogens with one attached hydrogen (secondary N) is 1. The van der Waals surface area contributed by atoms with Gasteiger partial charge in [-0.05, 0) is 61.2 Å². The molecule has 0 fully saturated rings. The lowest BCUT2D eigenvalue weighted by Crippen LogP contribution is -2.37. The van der Waals surface area contributed by atoms with Gasteiger partial charge in [-0.1, -0.05) is 19.9 Å². The number of fused-ring (bicyclic) bond motifs is 1. The number of hydrogen-bond donors (Lipinski definition) is 1. The van der Waals surface area contributed by atoms with Gasteiger partial charge >= 0.3 is 6.09 Å². The van der Waals surface area contributed by atoms with Crippen molar-refractivity contribution in [3.05, 3.63) is 76.6 Å². The van der Waals surface area contributed by atoms with Crippen LogP contribution in [-0.2, 0) is 27.4 Å². The van der Waals surface area contributed by atoms with Crippen LogP contribution in [0.5, 0.6) is 0 Å². The average molecular weight is 568 g/mol. The summed E-state index contributed by atoms with van der Waals surface area (Å²) in [7, 11) is 6.24. The number of carbonyl (C=O) groups is 3. The van der Waals surface area contributed by atoms with Crippen LogP contribution in [0.3, 0.4) is 0 Å². The van der Waals surface area contributed by atoms with Crippen molar-refractivity contribution >= 4 is 34.5 Å². The Bertz CT molecular complexity index is 1490. The summed E-state index contributed by atoms with van der Waals surface area (Å²) in [5.74, 6) is -0.892. The van der Waals surface area contributed by atoms with Gasteiger partial charge in [-0.3, -0.25) is 14.4 Å². The van der Waals surface area contributed by atoms with Gasteiger partial charge in [-0.25, -0.2) is 9.18 Å². The van der Waals surface area contributed by atoms with E-state index in [4.69, 9.17) is 4.74 Å². The number of pyridine rings is 1. The van der Waals surface area contributed by atoms with Gasteiger partial charge in [0, 0.05) is 57.5 Å². The highest BCUT2D eigenvalue weighted by atomic mass is 19.1. The fourth-order valence-corrected chi connectivity index (χ4v) is 4.21. The molecule has 0 aliphatic carbocycles. The Kier molecular flexibility index (Phi) is 10.5. The summed E-state index contributed by atoms with van der Waals surface area (Å²) < 4.78 is 22.8. The average Bonchev–Trinajstić information content (AvgIpc) is 3.22. The Morgan fingerprint density at radius 1 is 1.07 bits per heavy atom. The quantitative estimate of drug-likeness (QED) is 0.352. The van der Waals surface area contributed by atoms with Crippen molar-refractivity contribution in [1.82, 2.24) is 18.9 Å². The van der Waals surface area contributed by atoms with E-state index in [2.05, 4.69) is 23.7 Å². The second-order valence-corrected chi connectivity index (χ2v) is 10.7. The van der Waals surface area contributed by atoms with Crippen LogP contribution in [0.15, 0.2) is 59.5 Å². The summed E-state index contributed by atoms with van der Waals surface area (Å²) in [4.78, 5) is 53.1. The van der Waals surface area contributed by atoms with Crippen LogP contribution in [-0.4, -0.2) is 71.1 Å². The maximum absolute atomic E-state index is 13.9. The van der Waals surface area contributed by atoms with E-state index in [1.807, 2.05) is 6.07 Å². The van der Waals surface area contributed by atoms with E-state index in [9.17, 15) is 23.6 Å². The zero-order valence-electron chi connectivity index (χ0n) is 24.4. The first-order valence-electron chi connectivity index (χ1n) is 13.4. The first kappa shape index (κ1) is 31.1. The maximum Gasteiger partial charge on any atom is 0.410 e. The Balaban J connectivity index is 1.83. The lowest BCUT2D eigenvalue weighted by molar-refractivity contribution is -0.125. The van der Waals surface area contributed by atoms with Crippen LogP contribution in [0.25, 0.3) is 10.9 Å². The van der Waals surface area contributed by atoms with Crippen molar-refractivity contribution in [1.29, 1.82) is 0 Å². The summed E-state index contributed by atoms with van der Waals surface area (Å²) >= 11 is 0. The van der Waals surface area contributed by atoms with Crippen LogP contribution in [0.2, 0.25) is 0 Å². The van der Waals surface area contributed by atoms with Crippen molar-refractivity contribution in [3.63, 3.8) is 0 Å². The molecule has 0 aliphatic heterocycles. The SMILES string of the molecule is CC(C)Cn1c(Cn2cccc(NC(=O)[C@H](CC/C=C/C(=O)N(C)C)OC(=O)N(C)C)c2=O)cc2cc(F)ccc21. The zero-order valence-corrected chi connectivity index (χ0v) is 24.4. The van der Waals surface area contributed by atoms with E-state index < -0.39 is 23.7 Å². The van der Waals surface area contributed by atoms with Crippen molar-refractivity contribution in [2.24, 2.45) is 5.92 Å². The predicted molar refractivity (Wildman–Crippen MR) is 156 cm³/mol. The molecular formula is C30H38FN5O5. The van der Waals surface area contributed by atoms with Gasteiger partial charge in [-0.15, -0.1) is 0 Å². The van der Waals surface area contributed by atoms with Gasteiger partial charge in [0.15, 0.2) is 6.10 Å². The molecule has 0 bridgehead atoms. The number of aromatic nitrogens is 2. The second-order valence-electron chi connectivity index (χ2n) is 10.7. The van der Waals surface area contributed by atoms with E-state index in [0.29, 0.717) is 18.9 Å². The smallest absolute Gasteiger partial charge is 0.410 e. The maximum atomic E-state index is 13.9. The van der Waals surface area contributed by atoms with E-state index in [1.165, 1.54) is 52.7 Å². The van der Waals surface area contributed by atoms with Gasteiger partial charge in [0.2, 0.25) is 5.91 Å². The van der Waals surface area contributed by atoms with E-state index >= 15 is 0 Å². The highest BCUT2D eigenvalue weighted by Gasteiger charge is 2.24. The van der Waals surface area contributed by atoms with Crippen LogP contribution >= 0.6 is 0 Å². The number of nitrogens with zero attached hydrogens (tertiary/aromatic N) is 4. The molecule has 1 N–H and O–H groups in total. The number of rotatable bonds is 11. The number of likely N-dealkylation sites (N-methyl/N-ethyl adjacent to an activating group) is 1.